The summed E-state index contributed by atoms with van der Waals surface area (Å²) in [7, 11) is 0. The van der Waals surface area contributed by atoms with Gasteiger partial charge in [-0.3, -0.25) is 0 Å². The largest absolute Gasteiger partial charge is 0.494 e. The van der Waals surface area contributed by atoms with E-state index in [0.717, 1.165) is 0 Å². The van der Waals surface area contributed by atoms with Gasteiger partial charge in [-0.2, -0.15) is 0 Å². The number of nitrogens with two attached hydrogens (primary N) is 1. The monoisotopic (exact) mass is 419 g/mol. The maximum absolute atomic E-state index is 14.0. The Kier molecular flexibility index (Phi) is 5.35. The molecule has 21 heavy (non-hydrogen) atoms. The molecule has 6 heteroatoms. The molecule has 0 amide bonds. The molecule has 0 aromatic heterocycles. The van der Waals surface area contributed by atoms with Gasteiger partial charge in [0.1, 0.15) is 17.4 Å². The first-order chi connectivity index (χ1) is 9.93. The lowest BCUT2D eigenvalue weighted by Crippen LogP contribution is -2.16. The van der Waals surface area contributed by atoms with E-state index in [1.165, 1.54) is 12.1 Å². The topological polar surface area (TPSA) is 35.2 Å². The Morgan fingerprint density at radius 1 is 1.14 bits per heavy atom. The van der Waals surface area contributed by atoms with Crippen molar-refractivity contribution in [1.82, 2.24) is 0 Å². The summed E-state index contributed by atoms with van der Waals surface area (Å²) < 4.78 is 34.3. The van der Waals surface area contributed by atoms with Crippen LogP contribution in [0.5, 0.6) is 5.75 Å². The third-order valence-electron chi connectivity index (χ3n) is 2.97. The number of hydrogen-bond acceptors (Lipinski definition) is 2. The van der Waals surface area contributed by atoms with Crippen LogP contribution in [0.3, 0.4) is 0 Å². The molecule has 1 unspecified atom stereocenters. The fraction of sp³-hybridized carbons (Fsp3) is 0.200. The van der Waals surface area contributed by atoms with E-state index in [1.807, 2.05) is 6.92 Å². The predicted octanol–water partition coefficient (Wildman–Crippen LogP) is 4.94. The normalized spacial score (nSPS) is 12.3. The van der Waals surface area contributed by atoms with Crippen molar-refractivity contribution in [2.45, 2.75) is 13.0 Å². The first kappa shape index (κ1) is 16.4. The standard InChI is InChI=1S/C15H13Br2F2NO/c1-2-21-9-3-4-10(11(17)7-9)15(20)14-12(18)5-8(16)6-13(14)19/h3-7,15H,2,20H2,1H3. The van der Waals surface area contributed by atoms with Crippen molar-refractivity contribution in [3.8, 4) is 5.75 Å². The molecular formula is C15H13Br2F2NO. The van der Waals surface area contributed by atoms with Crippen molar-refractivity contribution < 1.29 is 13.5 Å². The highest BCUT2D eigenvalue weighted by Gasteiger charge is 2.21. The molecule has 2 nitrogen and oxygen atoms in total. The third-order valence-corrected chi connectivity index (χ3v) is 4.12. The summed E-state index contributed by atoms with van der Waals surface area (Å²) in [4.78, 5) is 0. The molecule has 0 saturated carbocycles. The molecule has 1 atom stereocenters. The van der Waals surface area contributed by atoms with Crippen LogP contribution >= 0.6 is 31.9 Å². The Hall–Kier alpha value is -0.980. The van der Waals surface area contributed by atoms with Gasteiger partial charge in [-0.15, -0.1) is 0 Å². The lowest BCUT2D eigenvalue weighted by Gasteiger charge is -2.17. The minimum atomic E-state index is -0.914. The zero-order valence-corrected chi connectivity index (χ0v) is 14.3. The van der Waals surface area contributed by atoms with Crippen LogP contribution in [-0.4, -0.2) is 6.61 Å². The maximum Gasteiger partial charge on any atom is 0.132 e. The van der Waals surface area contributed by atoms with Crippen LogP contribution in [0.25, 0.3) is 0 Å². The Morgan fingerprint density at radius 3 is 2.29 bits per heavy atom. The molecule has 0 aliphatic rings. The predicted molar refractivity (Wildman–Crippen MR) is 85.4 cm³/mol. The zero-order chi connectivity index (χ0) is 15.6. The molecule has 0 heterocycles. The van der Waals surface area contributed by atoms with Crippen LogP contribution in [0.2, 0.25) is 0 Å². The summed E-state index contributed by atoms with van der Waals surface area (Å²) >= 11 is 6.41. The summed E-state index contributed by atoms with van der Waals surface area (Å²) in [6, 6.07) is 6.62. The van der Waals surface area contributed by atoms with E-state index < -0.39 is 17.7 Å². The van der Waals surface area contributed by atoms with E-state index in [4.69, 9.17) is 10.5 Å². The summed E-state index contributed by atoms with van der Waals surface area (Å²) in [5.41, 5.74) is 6.44. The minimum Gasteiger partial charge on any atom is -0.494 e. The quantitative estimate of drug-likeness (QED) is 0.760. The second-order valence-corrected chi connectivity index (χ2v) is 6.15. The summed E-state index contributed by atoms with van der Waals surface area (Å²) in [6.45, 7) is 2.41. The summed E-state index contributed by atoms with van der Waals surface area (Å²) in [5.74, 6) is -0.706. The molecule has 2 aromatic carbocycles. The lowest BCUT2D eigenvalue weighted by atomic mass is 9.98. The smallest absolute Gasteiger partial charge is 0.132 e. The Balaban J connectivity index is 2.43. The molecule has 0 aliphatic heterocycles. The lowest BCUT2D eigenvalue weighted by molar-refractivity contribution is 0.340. The Morgan fingerprint density at radius 2 is 1.76 bits per heavy atom. The van der Waals surface area contributed by atoms with Gasteiger partial charge in [0.2, 0.25) is 0 Å². The molecule has 0 spiro atoms. The Bertz CT molecular complexity index is 641. The molecule has 2 aromatic rings. The van der Waals surface area contributed by atoms with Crippen molar-refractivity contribution in [2.75, 3.05) is 6.61 Å². The van der Waals surface area contributed by atoms with Gasteiger partial charge in [0.05, 0.1) is 12.6 Å². The second-order valence-electron chi connectivity index (χ2n) is 4.38. The number of ether oxygens (including phenoxy) is 1. The van der Waals surface area contributed by atoms with Gasteiger partial charge < -0.3 is 10.5 Å². The molecule has 2 N–H and O–H groups in total. The van der Waals surface area contributed by atoms with Crippen LogP contribution in [0.1, 0.15) is 24.1 Å². The Labute approximate surface area is 138 Å². The first-order valence-corrected chi connectivity index (χ1v) is 7.85. The molecule has 0 saturated heterocycles. The van der Waals surface area contributed by atoms with Gasteiger partial charge in [-0.05, 0) is 36.8 Å². The number of benzene rings is 2. The highest BCUT2D eigenvalue weighted by Crippen LogP contribution is 2.33. The highest BCUT2D eigenvalue weighted by molar-refractivity contribution is 9.10. The maximum atomic E-state index is 14.0. The average Bonchev–Trinajstić information content (AvgIpc) is 2.37. The van der Waals surface area contributed by atoms with E-state index in [-0.39, 0.29) is 5.56 Å². The van der Waals surface area contributed by atoms with Crippen LogP contribution in [0, 0.1) is 11.6 Å². The van der Waals surface area contributed by atoms with E-state index in [2.05, 4.69) is 31.9 Å². The van der Waals surface area contributed by atoms with Gasteiger partial charge in [-0.1, -0.05) is 37.9 Å². The van der Waals surface area contributed by atoms with E-state index >= 15 is 0 Å². The molecule has 2 rings (SSSR count). The van der Waals surface area contributed by atoms with Crippen molar-refractivity contribution in [1.29, 1.82) is 0 Å². The fourth-order valence-corrected chi connectivity index (χ4v) is 3.03. The van der Waals surface area contributed by atoms with Gasteiger partial charge in [0, 0.05) is 14.5 Å². The van der Waals surface area contributed by atoms with Gasteiger partial charge in [0.15, 0.2) is 0 Å². The third kappa shape index (κ3) is 3.62. The highest BCUT2D eigenvalue weighted by atomic mass is 79.9. The van der Waals surface area contributed by atoms with Crippen molar-refractivity contribution in [3.05, 3.63) is 62.0 Å². The summed E-state index contributed by atoms with van der Waals surface area (Å²) in [5, 5.41) is 0. The number of rotatable bonds is 4. The first-order valence-electron chi connectivity index (χ1n) is 6.26. The molecular weight excluding hydrogens is 408 g/mol. The van der Waals surface area contributed by atoms with E-state index in [1.54, 1.807) is 18.2 Å². The number of hydrogen-bond donors (Lipinski definition) is 1. The van der Waals surface area contributed by atoms with E-state index in [9.17, 15) is 8.78 Å². The molecule has 0 radical (unpaired) electrons. The fourth-order valence-electron chi connectivity index (χ4n) is 2.02. The molecule has 0 fully saturated rings. The van der Waals surface area contributed by atoms with Crippen LogP contribution < -0.4 is 10.5 Å². The van der Waals surface area contributed by atoms with E-state index in [0.29, 0.717) is 26.9 Å². The van der Waals surface area contributed by atoms with Crippen LogP contribution in [0.15, 0.2) is 39.3 Å². The van der Waals surface area contributed by atoms with Crippen molar-refractivity contribution in [2.24, 2.45) is 5.73 Å². The van der Waals surface area contributed by atoms with Gasteiger partial charge in [0.25, 0.3) is 0 Å². The molecule has 0 aliphatic carbocycles. The van der Waals surface area contributed by atoms with Crippen molar-refractivity contribution >= 4 is 31.9 Å². The van der Waals surface area contributed by atoms with Crippen LogP contribution in [0.4, 0.5) is 8.78 Å². The molecule has 0 bridgehead atoms. The average molecular weight is 421 g/mol. The minimum absolute atomic E-state index is 0.164. The second kappa shape index (κ2) is 6.85. The van der Waals surface area contributed by atoms with Crippen LogP contribution in [-0.2, 0) is 0 Å². The zero-order valence-electron chi connectivity index (χ0n) is 11.2. The SMILES string of the molecule is CCOc1ccc(C(N)c2c(F)cc(Br)cc2F)c(Br)c1. The van der Waals surface area contributed by atoms with Crippen molar-refractivity contribution in [3.63, 3.8) is 0 Å². The summed E-state index contributed by atoms with van der Waals surface area (Å²) in [6.07, 6.45) is 0. The molecule has 112 valence electrons. The van der Waals surface area contributed by atoms with Gasteiger partial charge >= 0.3 is 0 Å². The van der Waals surface area contributed by atoms with Gasteiger partial charge in [-0.25, -0.2) is 8.78 Å². The number of halogens is 4.